The lowest BCUT2D eigenvalue weighted by molar-refractivity contribution is -0.280. The van der Waals surface area contributed by atoms with Gasteiger partial charge in [-0.1, -0.05) is 0 Å². The quantitative estimate of drug-likeness (QED) is 0.336. The molecular formula is C25H27NO11. The summed E-state index contributed by atoms with van der Waals surface area (Å²) in [7, 11) is 2.97. The zero-order valence-electron chi connectivity index (χ0n) is 21.1. The first-order valence-corrected chi connectivity index (χ1v) is 11.4. The minimum Gasteiger partial charge on any atom is -0.495 e. The van der Waals surface area contributed by atoms with Crippen molar-refractivity contribution >= 4 is 39.9 Å². The molecule has 1 aromatic carbocycles. The molecular weight excluding hydrogens is 490 g/mol. The number of esters is 3. The van der Waals surface area contributed by atoms with E-state index in [1.165, 1.54) is 41.3 Å². The van der Waals surface area contributed by atoms with Crippen LogP contribution in [0.2, 0.25) is 0 Å². The normalized spacial score (nSPS) is 23.4. The van der Waals surface area contributed by atoms with E-state index in [-0.39, 0.29) is 11.5 Å². The fourth-order valence-electron chi connectivity index (χ4n) is 4.35. The number of benzene rings is 1. The molecule has 1 aliphatic rings. The number of nitrogens with zero attached hydrogens (tertiary/aromatic N) is 1. The van der Waals surface area contributed by atoms with E-state index in [4.69, 9.17) is 37.6 Å². The van der Waals surface area contributed by atoms with Crippen LogP contribution in [0.3, 0.4) is 0 Å². The second-order valence-electron chi connectivity index (χ2n) is 8.33. The average molecular weight is 517 g/mol. The maximum Gasteiger partial charge on any atom is 0.303 e. The van der Waals surface area contributed by atoms with Crippen LogP contribution < -0.4 is 14.2 Å². The SMILES string of the molecule is COc1c2ccoc2nc2c(OC)c(O[C@@H]3O[C@H](C)[C@@H](OC(C)=O)[C@H](OC(C)=O)[C@H]3OC(C)=O)ccc12. The molecule has 0 aliphatic carbocycles. The van der Waals surface area contributed by atoms with Gasteiger partial charge in [0, 0.05) is 26.2 Å². The summed E-state index contributed by atoms with van der Waals surface area (Å²) in [6.07, 6.45) is -4.10. The molecule has 4 rings (SSSR count). The number of carbonyl (C=O) groups excluding carboxylic acids is 3. The zero-order chi connectivity index (χ0) is 26.9. The number of rotatable bonds is 7. The topological polar surface area (TPSA) is 142 Å². The van der Waals surface area contributed by atoms with Crippen LogP contribution in [-0.2, 0) is 33.3 Å². The summed E-state index contributed by atoms with van der Waals surface area (Å²) in [5.74, 6) is -1.02. The summed E-state index contributed by atoms with van der Waals surface area (Å²) >= 11 is 0. The van der Waals surface area contributed by atoms with Gasteiger partial charge in [0.1, 0.15) is 11.3 Å². The van der Waals surface area contributed by atoms with Gasteiger partial charge >= 0.3 is 17.9 Å². The van der Waals surface area contributed by atoms with Crippen molar-refractivity contribution in [2.75, 3.05) is 14.2 Å². The van der Waals surface area contributed by atoms with Crippen LogP contribution in [0.5, 0.6) is 17.2 Å². The number of methoxy groups -OCH3 is 2. The Morgan fingerprint density at radius 1 is 0.811 bits per heavy atom. The third-order valence-electron chi connectivity index (χ3n) is 5.73. The number of pyridine rings is 1. The number of fused-ring (bicyclic) bond motifs is 2. The van der Waals surface area contributed by atoms with Crippen molar-refractivity contribution in [3.05, 3.63) is 24.5 Å². The van der Waals surface area contributed by atoms with Crippen molar-refractivity contribution in [2.45, 2.75) is 58.4 Å². The number of furan rings is 1. The van der Waals surface area contributed by atoms with Crippen molar-refractivity contribution in [2.24, 2.45) is 0 Å². The second kappa shape index (κ2) is 10.5. The fraction of sp³-hybridized carbons (Fsp3) is 0.440. The van der Waals surface area contributed by atoms with E-state index in [9.17, 15) is 14.4 Å². The summed E-state index contributed by atoms with van der Waals surface area (Å²) < 4.78 is 45.0. The number of aromatic nitrogens is 1. The Balaban J connectivity index is 1.78. The number of ether oxygens (including phenoxy) is 7. The van der Waals surface area contributed by atoms with Gasteiger partial charge in [-0.15, -0.1) is 0 Å². The van der Waals surface area contributed by atoms with Gasteiger partial charge in [0.25, 0.3) is 0 Å². The highest BCUT2D eigenvalue weighted by Gasteiger charge is 2.51. The van der Waals surface area contributed by atoms with E-state index in [0.29, 0.717) is 27.8 Å². The maximum absolute atomic E-state index is 12.0. The molecule has 5 atom stereocenters. The van der Waals surface area contributed by atoms with E-state index < -0.39 is 48.6 Å². The predicted octanol–water partition coefficient (Wildman–Crippen LogP) is 2.92. The molecule has 3 aromatic rings. The van der Waals surface area contributed by atoms with Gasteiger partial charge in [0.2, 0.25) is 18.1 Å². The Hall–Kier alpha value is -4.06. The number of hydrogen-bond donors (Lipinski definition) is 0. The molecule has 0 spiro atoms. The van der Waals surface area contributed by atoms with Crippen LogP contribution in [-0.4, -0.2) is 67.8 Å². The Labute approximate surface area is 211 Å². The largest absolute Gasteiger partial charge is 0.495 e. The molecule has 12 heteroatoms. The zero-order valence-corrected chi connectivity index (χ0v) is 21.1. The lowest BCUT2D eigenvalue weighted by Crippen LogP contribution is -2.62. The van der Waals surface area contributed by atoms with Crippen LogP contribution in [0, 0.1) is 0 Å². The number of carbonyl (C=O) groups is 3. The highest BCUT2D eigenvalue weighted by atomic mass is 16.7. The van der Waals surface area contributed by atoms with E-state index in [1.807, 2.05) is 0 Å². The van der Waals surface area contributed by atoms with Crippen LogP contribution in [0.15, 0.2) is 28.9 Å². The van der Waals surface area contributed by atoms with Crippen LogP contribution in [0.25, 0.3) is 22.0 Å². The maximum atomic E-state index is 12.0. The van der Waals surface area contributed by atoms with Crippen molar-refractivity contribution < 1.29 is 52.0 Å². The van der Waals surface area contributed by atoms with Gasteiger partial charge in [0.15, 0.2) is 23.7 Å². The molecule has 0 saturated carbocycles. The molecule has 37 heavy (non-hydrogen) atoms. The molecule has 1 aliphatic heterocycles. The molecule has 198 valence electrons. The molecule has 0 bridgehead atoms. The summed E-state index contributed by atoms with van der Waals surface area (Å²) in [5, 5.41) is 1.33. The van der Waals surface area contributed by atoms with Crippen LogP contribution in [0.1, 0.15) is 27.7 Å². The van der Waals surface area contributed by atoms with Crippen LogP contribution in [0.4, 0.5) is 0 Å². The first-order chi connectivity index (χ1) is 17.6. The molecule has 0 N–H and O–H groups in total. The molecule has 1 saturated heterocycles. The first kappa shape index (κ1) is 26.0. The Morgan fingerprint density at radius 2 is 1.43 bits per heavy atom. The van der Waals surface area contributed by atoms with Gasteiger partial charge in [-0.25, -0.2) is 4.98 Å². The standard InChI is InChI=1S/C25H27NO11/c1-11-19(34-12(2)27)22(35-13(3)28)23(36-14(4)29)25(33-11)37-17-8-7-15-18(21(17)31-6)26-24-16(9-10-32-24)20(15)30-5/h7-11,19,22-23,25H,1-6H3/t11-,19-,22+,23-,25+/m1/s1. The first-order valence-electron chi connectivity index (χ1n) is 11.4. The van der Waals surface area contributed by atoms with Crippen molar-refractivity contribution in [3.8, 4) is 17.2 Å². The molecule has 1 fully saturated rings. The Bertz CT molecular complexity index is 1330. The minimum absolute atomic E-state index is 0.192. The highest BCUT2D eigenvalue weighted by molar-refractivity contribution is 6.02. The molecule has 0 amide bonds. The van der Waals surface area contributed by atoms with Crippen molar-refractivity contribution in [1.29, 1.82) is 0 Å². The monoisotopic (exact) mass is 517 g/mol. The van der Waals surface area contributed by atoms with Crippen LogP contribution >= 0.6 is 0 Å². The Kier molecular flexibility index (Phi) is 7.39. The summed E-state index contributed by atoms with van der Waals surface area (Å²) in [4.78, 5) is 40.2. The third kappa shape index (κ3) is 5.10. The molecule has 2 aromatic heterocycles. The third-order valence-corrected chi connectivity index (χ3v) is 5.73. The second-order valence-corrected chi connectivity index (χ2v) is 8.33. The summed E-state index contributed by atoms with van der Waals surface area (Å²) in [6, 6.07) is 5.09. The van der Waals surface area contributed by atoms with Gasteiger partial charge < -0.3 is 37.6 Å². The van der Waals surface area contributed by atoms with Gasteiger partial charge in [-0.3, -0.25) is 14.4 Å². The van der Waals surface area contributed by atoms with E-state index in [1.54, 1.807) is 25.1 Å². The average Bonchev–Trinajstić information content (AvgIpc) is 3.29. The van der Waals surface area contributed by atoms with Gasteiger partial charge in [0.05, 0.1) is 32.0 Å². The lowest BCUT2D eigenvalue weighted by atomic mass is 9.98. The lowest BCUT2D eigenvalue weighted by Gasteiger charge is -2.43. The molecule has 3 heterocycles. The summed E-state index contributed by atoms with van der Waals surface area (Å²) in [6.45, 7) is 5.19. The number of hydrogen-bond acceptors (Lipinski definition) is 12. The predicted molar refractivity (Wildman–Crippen MR) is 126 cm³/mol. The van der Waals surface area contributed by atoms with Crippen molar-refractivity contribution in [3.63, 3.8) is 0 Å². The molecule has 12 nitrogen and oxygen atoms in total. The van der Waals surface area contributed by atoms with Crippen molar-refractivity contribution in [1.82, 2.24) is 4.98 Å². The minimum atomic E-state index is -1.28. The summed E-state index contributed by atoms with van der Waals surface area (Å²) in [5.41, 5.74) is 0.723. The molecule has 0 radical (unpaired) electrons. The van der Waals surface area contributed by atoms with E-state index >= 15 is 0 Å². The van der Waals surface area contributed by atoms with E-state index in [0.717, 1.165) is 0 Å². The molecule has 0 unspecified atom stereocenters. The Morgan fingerprint density at radius 3 is 2.05 bits per heavy atom. The smallest absolute Gasteiger partial charge is 0.303 e. The fourth-order valence-corrected chi connectivity index (χ4v) is 4.35. The van der Waals surface area contributed by atoms with Gasteiger partial charge in [-0.2, -0.15) is 0 Å². The highest BCUT2D eigenvalue weighted by Crippen LogP contribution is 2.42. The van der Waals surface area contributed by atoms with E-state index in [2.05, 4.69) is 4.98 Å². The van der Waals surface area contributed by atoms with Gasteiger partial charge in [-0.05, 0) is 25.1 Å².